The molecule has 0 aliphatic heterocycles. The maximum atomic E-state index is 13.6. The molecule has 0 fully saturated rings. The number of hydrogen-bond donors (Lipinski definition) is 2. The summed E-state index contributed by atoms with van der Waals surface area (Å²) in [6.45, 7) is 1.41. The van der Waals surface area contributed by atoms with Gasteiger partial charge in [0.25, 0.3) is 5.56 Å². The summed E-state index contributed by atoms with van der Waals surface area (Å²) in [5, 5.41) is 21.6. The molecule has 0 spiro atoms. The van der Waals surface area contributed by atoms with Crippen LogP contribution < -0.4 is 15.6 Å². The van der Waals surface area contributed by atoms with Gasteiger partial charge in [0.15, 0.2) is 5.78 Å². The molecule has 2 N–H and O–H groups in total. The third kappa shape index (κ3) is 6.74. The highest BCUT2D eigenvalue weighted by molar-refractivity contribution is 6.31. The zero-order chi connectivity index (χ0) is 30.4. The van der Waals surface area contributed by atoms with Gasteiger partial charge in [0.05, 0.1) is 30.5 Å². The zero-order valence-corrected chi connectivity index (χ0v) is 23.5. The smallest absolute Gasteiger partial charge is 0.335 e. The average Bonchev–Trinajstić information content (AvgIpc) is 2.97. The molecule has 10 heteroatoms. The van der Waals surface area contributed by atoms with Gasteiger partial charge < -0.3 is 15.2 Å². The Morgan fingerprint density at radius 3 is 2.43 bits per heavy atom. The number of carbonyl (C=O) groups is 3. The second kappa shape index (κ2) is 13.0. The van der Waals surface area contributed by atoms with Gasteiger partial charge in [0.1, 0.15) is 11.8 Å². The van der Waals surface area contributed by atoms with E-state index >= 15 is 0 Å². The van der Waals surface area contributed by atoms with Crippen molar-refractivity contribution in [2.75, 3.05) is 12.4 Å². The fraction of sp³-hybridized carbons (Fsp3) is 0.156. The number of hydrogen-bond acceptors (Lipinski definition) is 6. The summed E-state index contributed by atoms with van der Waals surface area (Å²) in [4.78, 5) is 50.7. The van der Waals surface area contributed by atoms with Crippen molar-refractivity contribution in [1.29, 1.82) is 5.26 Å². The topological polar surface area (TPSA) is 138 Å². The number of ketones is 1. The fourth-order valence-electron chi connectivity index (χ4n) is 4.61. The first-order valence-electron chi connectivity index (χ1n) is 12.9. The van der Waals surface area contributed by atoms with Crippen molar-refractivity contribution < 1.29 is 24.2 Å². The molecule has 0 bridgehead atoms. The number of carboxylic acids is 1. The largest absolute Gasteiger partial charge is 0.495 e. The molecule has 1 atom stereocenters. The Labute approximate surface area is 246 Å². The van der Waals surface area contributed by atoms with E-state index in [0.717, 1.165) is 5.56 Å². The summed E-state index contributed by atoms with van der Waals surface area (Å²) in [5.74, 6) is -1.59. The molecule has 1 aromatic heterocycles. The number of anilines is 1. The normalized spacial score (nSPS) is 11.3. The second-order valence-corrected chi connectivity index (χ2v) is 9.92. The van der Waals surface area contributed by atoms with Crippen molar-refractivity contribution in [2.24, 2.45) is 0 Å². The Morgan fingerprint density at radius 1 is 1.05 bits per heavy atom. The van der Waals surface area contributed by atoms with E-state index in [0.29, 0.717) is 39.4 Å². The van der Waals surface area contributed by atoms with E-state index in [1.165, 1.54) is 55.1 Å². The fourth-order valence-corrected chi connectivity index (χ4v) is 4.78. The van der Waals surface area contributed by atoms with E-state index in [4.69, 9.17) is 16.3 Å². The molecule has 42 heavy (non-hydrogen) atoms. The van der Waals surface area contributed by atoms with Gasteiger partial charge in [-0.1, -0.05) is 23.7 Å². The average molecular weight is 584 g/mol. The van der Waals surface area contributed by atoms with Gasteiger partial charge in [-0.15, -0.1) is 0 Å². The number of aryl methyl sites for hydroxylation is 1. The summed E-state index contributed by atoms with van der Waals surface area (Å²) >= 11 is 6.21. The Bertz CT molecular complexity index is 1770. The Kier molecular flexibility index (Phi) is 9.20. The minimum atomic E-state index is -1.10. The van der Waals surface area contributed by atoms with Crippen LogP contribution in [0.2, 0.25) is 5.02 Å². The second-order valence-electron chi connectivity index (χ2n) is 9.49. The quantitative estimate of drug-likeness (QED) is 0.226. The SMILES string of the molecule is COc1cn([C@@H](CCc2cccc(C#N)c2)C(=O)Nc2ccc(C(=O)O)cc2)c(=O)cc1-c1cc(Cl)ccc1C(C)=O. The van der Waals surface area contributed by atoms with Crippen LogP contribution in [0.25, 0.3) is 11.1 Å². The van der Waals surface area contributed by atoms with E-state index < -0.39 is 23.5 Å². The molecular weight excluding hydrogens is 558 g/mol. The minimum absolute atomic E-state index is 0.0596. The lowest BCUT2D eigenvalue weighted by molar-refractivity contribution is -0.119. The number of nitrogens with one attached hydrogen (secondary N) is 1. The molecule has 3 aromatic carbocycles. The number of benzene rings is 3. The molecule has 9 nitrogen and oxygen atoms in total. The molecule has 4 aromatic rings. The molecule has 1 amide bonds. The Morgan fingerprint density at radius 2 is 1.79 bits per heavy atom. The zero-order valence-electron chi connectivity index (χ0n) is 22.8. The van der Waals surface area contributed by atoms with Crippen molar-refractivity contribution in [1.82, 2.24) is 4.57 Å². The number of Topliss-reactive ketones (excluding diaryl/α,β-unsaturated/α-hetero) is 1. The molecule has 0 unspecified atom stereocenters. The molecule has 0 saturated heterocycles. The van der Waals surface area contributed by atoms with Crippen molar-refractivity contribution in [2.45, 2.75) is 25.8 Å². The molecule has 1 heterocycles. The van der Waals surface area contributed by atoms with Crippen LogP contribution in [0, 0.1) is 11.3 Å². The monoisotopic (exact) mass is 583 g/mol. The number of amides is 1. The Balaban J connectivity index is 1.77. The molecule has 0 aliphatic carbocycles. The van der Waals surface area contributed by atoms with Crippen LogP contribution in [-0.2, 0) is 11.2 Å². The van der Waals surface area contributed by atoms with Crippen LogP contribution >= 0.6 is 11.6 Å². The molecular formula is C32H26ClN3O6. The lowest BCUT2D eigenvalue weighted by atomic mass is 9.97. The first kappa shape index (κ1) is 29.8. The van der Waals surface area contributed by atoms with Crippen LogP contribution in [0.1, 0.15) is 51.2 Å². The van der Waals surface area contributed by atoms with Crippen molar-refractivity contribution >= 4 is 34.9 Å². The number of aromatic nitrogens is 1. The number of carboxylic acid groups (broad SMARTS) is 1. The van der Waals surface area contributed by atoms with Crippen molar-refractivity contribution in [3.05, 3.63) is 117 Å². The van der Waals surface area contributed by atoms with Gasteiger partial charge in [0.2, 0.25) is 5.91 Å². The number of methoxy groups -OCH3 is 1. The molecule has 0 aliphatic rings. The molecule has 0 radical (unpaired) electrons. The van der Waals surface area contributed by atoms with Gasteiger partial charge in [-0.05, 0) is 85.5 Å². The summed E-state index contributed by atoms with van der Waals surface area (Å²) in [6.07, 6.45) is 1.98. The van der Waals surface area contributed by atoms with E-state index in [2.05, 4.69) is 11.4 Å². The first-order valence-corrected chi connectivity index (χ1v) is 13.2. The Hall–Kier alpha value is -5.20. The summed E-state index contributed by atoms with van der Waals surface area (Å²) in [7, 11) is 1.41. The maximum absolute atomic E-state index is 13.6. The number of halogens is 1. The van der Waals surface area contributed by atoms with Gasteiger partial charge in [-0.25, -0.2) is 4.79 Å². The van der Waals surface area contributed by atoms with E-state index in [-0.39, 0.29) is 23.5 Å². The number of nitrogens with zero attached hydrogens (tertiary/aromatic N) is 2. The number of aromatic carboxylic acids is 1. The number of pyridine rings is 1. The van der Waals surface area contributed by atoms with Crippen molar-refractivity contribution in [3.63, 3.8) is 0 Å². The number of ether oxygens (including phenoxy) is 1. The lowest BCUT2D eigenvalue weighted by Gasteiger charge is -2.22. The minimum Gasteiger partial charge on any atom is -0.495 e. The number of rotatable bonds is 10. The molecule has 0 saturated carbocycles. The van der Waals surface area contributed by atoms with Crippen LogP contribution in [-0.4, -0.2) is 34.4 Å². The highest BCUT2D eigenvalue weighted by Crippen LogP contribution is 2.34. The summed E-state index contributed by atoms with van der Waals surface area (Å²) in [5.41, 5.74) is 2.28. The predicted molar refractivity (Wildman–Crippen MR) is 158 cm³/mol. The standard InChI is InChI=1S/C32H26ClN3O6/c1-19(37)25-12-9-23(33)15-26(25)27-16-30(38)36(18-29(27)42-2)28(13-6-20-4-3-5-21(14-20)17-34)31(39)35-24-10-7-22(8-11-24)32(40)41/h3-5,7-12,14-16,18,28H,6,13H2,1-2H3,(H,35,39)(H,40,41)/t28-/m0/s1. The maximum Gasteiger partial charge on any atom is 0.335 e. The lowest BCUT2D eigenvalue weighted by Crippen LogP contribution is -2.33. The van der Waals surface area contributed by atoms with Crippen LogP contribution in [0.4, 0.5) is 5.69 Å². The predicted octanol–water partition coefficient (Wildman–Crippen LogP) is 5.76. The first-order chi connectivity index (χ1) is 20.1. The summed E-state index contributed by atoms with van der Waals surface area (Å²) < 4.78 is 6.87. The third-order valence-corrected chi connectivity index (χ3v) is 6.95. The van der Waals surface area contributed by atoms with Crippen LogP contribution in [0.3, 0.4) is 0 Å². The highest BCUT2D eigenvalue weighted by Gasteiger charge is 2.25. The van der Waals surface area contributed by atoms with Gasteiger partial charge >= 0.3 is 5.97 Å². The molecule has 4 rings (SSSR count). The van der Waals surface area contributed by atoms with E-state index in [9.17, 15) is 29.5 Å². The molecule has 212 valence electrons. The third-order valence-electron chi connectivity index (χ3n) is 6.72. The van der Waals surface area contributed by atoms with Crippen LogP contribution in [0.15, 0.2) is 83.8 Å². The van der Waals surface area contributed by atoms with E-state index in [1.807, 2.05) is 6.07 Å². The van der Waals surface area contributed by atoms with Gasteiger partial charge in [-0.2, -0.15) is 5.26 Å². The van der Waals surface area contributed by atoms with Crippen molar-refractivity contribution in [3.8, 4) is 22.9 Å². The van der Waals surface area contributed by atoms with Gasteiger partial charge in [0, 0.05) is 27.9 Å². The van der Waals surface area contributed by atoms with Gasteiger partial charge in [-0.3, -0.25) is 19.0 Å². The number of nitriles is 1. The number of carbonyl (C=O) groups excluding carboxylic acids is 2. The summed E-state index contributed by atoms with van der Waals surface area (Å²) in [6, 6.07) is 19.7. The van der Waals surface area contributed by atoms with E-state index in [1.54, 1.807) is 36.4 Å². The highest BCUT2D eigenvalue weighted by atomic mass is 35.5. The van der Waals surface area contributed by atoms with Crippen LogP contribution in [0.5, 0.6) is 5.75 Å².